The second-order valence-electron chi connectivity index (χ2n) is 7.12. The lowest BCUT2D eigenvalue weighted by molar-refractivity contribution is -0.0667. The van der Waals surface area contributed by atoms with Crippen molar-refractivity contribution in [3.05, 3.63) is 0 Å². The minimum absolute atomic E-state index is 0.0981. The number of hydrogen-bond acceptors (Lipinski definition) is 4. The Balaban J connectivity index is 1.59. The average Bonchev–Trinajstić information content (AvgIpc) is 2.62. The lowest BCUT2D eigenvalue weighted by Gasteiger charge is -2.47. The normalized spacial score (nSPS) is 27.7. The summed E-state index contributed by atoms with van der Waals surface area (Å²) in [5.74, 6) is 0.621. The van der Waals surface area contributed by atoms with Crippen molar-refractivity contribution in [2.45, 2.75) is 56.5 Å². The maximum atomic E-state index is 6.17. The largest absolute Gasteiger partial charge is 0.381 e. The smallest absolute Gasteiger partial charge is 0.188 e. The lowest BCUT2D eigenvalue weighted by Crippen LogP contribution is -2.58. The number of nitrogens with one attached hydrogen (secondary N) is 1. The van der Waals surface area contributed by atoms with Gasteiger partial charge in [0.25, 0.3) is 0 Å². The van der Waals surface area contributed by atoms with Gasteiger partial charge in [0.15, 0.2) is 5.96 Å². The second-order valence-corrected chi connectivity index (χ2v) is 7.12. The Kier molecular flexibility index (Phi) is 6.14. The number of nitrogens with zero attached hydrogens (tertiary/aromatic N) is 2. The zero-order valence-electron chi connectivity index (χ0n) is 14.3. The van der Waals surface area contributed by atoms with E-state index < -0.39 is 0 Å². The van der Waals surface area contributed by atoms with E-state index in [1.807, 2.05) is 0 Å². The summed E-state index contributed by atoms with van der Waals surface area (Å²) in [5.41, 5.74) is 6.27. The van der Waals surface area contributed by atoms with Gasteiger partial charge in [-0.1, -0.05) is 19.3 Å². The van der Waals surface area contributed by atoms with E-state index in [-0.39, 0.29) is 5.54 Å². The molecule has 132 valence electrons. The number of guanidine groups is 1. The fourth-order valence-corrected chi connectivity index (χ4v) is 4.10. The van der Waals surface area contributed by atoms with Crippen LogP contribution in [0.4, 0.5) is 0 Å². The van der Waals surface area contributed by atoms with Crippen LogP contribution >= 0.6 is 0 Å². The van der Waals surface area contributed by atoms with Crippen LogP contribution in [-0.4, -0.2) is 68.5 Å². The van der Waals surface area contributed by atoms with Crippen molar-refractivity contribution < 1.29 is 9.47 Å². The summed E-state index contributed by atoms with van der Waals surface area (Å²) in [5, 5.41) is 3.43. The van der Waals surface area contributed by atoms with Gasteiger partial charge >= 0.3 is 0 Å². The van der Waals surface area contributed by atoms with Crippen molar-refractivity contribution in [3.63, 3.8) is 0 Å². The number of nitrogens with two attached hydrogens (primary N) is 1. The van der Waals surface area contributed by atoms with Gasteiger partial charge in [0, 0.05) is 37.9 Å². The molecule has 6 heteroatoms. The molecule has 0 aromatic heterocycles. The minimum atomic E-state index is 0.0981. The third-order valence-electron chi connectivity index (χ3n) is 5.61. The topological polar surface area (TPSA) is 72.1 Å². The number of ether oxygens (including phenoxy) is 2. The number of rotatable bonds is 4. The summed E-state index contributed by atoms with van der Waals surface area (Å²) in [6.45, 7) is 6.04. The van der Waals surface area contributed by atoms with Gasteiger partial charge in [0.05, 0.1) is 19.8 Å². The first-order chi connectivity index (χ1) is 11.3. The molecule has 6 nitrogen and oxygen atoms in total. The SMILES string of the molecule is NC(=NCC1(N2CCOCC2)CCOCC1)NC1CCCCC1. The molecule has 0 spiro atoms. The fourth-order valence-electron chi connectivity index (χ4n) is 4.10. The van der Waals surface area contributed by atoms with Gasteiger partial charge in [0.2, 0.25) is 0 Å². The van der Waals surface area contributed by atoms with E-state index in [2.05, 4.69) is 10.2 Å². The highest BCUT2D eigenvalue weighted by molar-refractivity contribution is 5.78. The molecule has 2 aliphatic heterocycles. The minimum Gasteiger partial charge on any atom is -0.381 e. The molecule has 3 fully saturated rings. The molecular formula is C17H32N4O2. The predicted molar refractivity (Wildman–Crippen MR) is 91.7 cm³/mol. The summed E-state index contributed by atoms with van der Waals surface area (Å²) >= 11 is 0. The van der Waals surface area contributed by atoms with E-state index in [0.717, 1.165) is 58.9 Å². The van der Waals surface area contributed by atoms with Gasteiger partial charge in [-0.15, -0.1) is 0 Å². The van der Waals surface area contributed by atoms with Crippen LogP contribution < -0.4 is 11.1 Å². The fraction of sp³-hybridized carbons (Fsp3) is 0.941. The van der Waals surface area contributed by atoms with Crippen molar-refractivity contribution in [1.29, 1.82) is 0 Å². The molecule has 1 saturated carbocycles. The maximum Gasteiger partial charge on any atom is 0.188 e. The Hall–Kier alpha value is -0.850. The quantitative estimate of drug-likeness (QED) is 0.599. The molecule has 3 aliphatic rings. The van der Waals surface area contributed by atoms with E-state index in [9.17, 15) is 0 Å². The summed E-state index contributed by atoms with van der Waals surface area (Å²) in [4.78, 5) is 7.29. The van der Waals surface area contributed by atoms with Crippen LogP contribution in [0.15, 0.2) is 4.99 Å². The first kappa shape index (κ1) is 17.0. The molecule has 23 heavy (non-hydrogen) atoms. The Labute approximate surface area is 139 Å². The lowest BCUT2D eigenvalue weighted by atomic mass is 9.87. The molecule has 0 radical (unpaired) electrons. The van der Waals surface area contributed by atoms with Crippen molar-refractivity contribution in [2.75, 3.05) is 46.1 Å². The second kappa shape index (κ2) is 8.31. The van der Waals surface area contributed by atoms with Crippen LogP contribution in [0.25, 0.3) is 0 Å². The zero-order valence-corrected chi connectivity index (χ0v) is 14.3. The summed E-state index contributed by atoms with van der Waals surface area (Å²) < 4.78 is 11.1. The standard InChI is InChI=1S/C17H32N4O2/c18-16(20-15-4-2-1-3-5-15)19-14-17(6-10-22-11-7-17)21-8-12-23-13-9-21/h15H,1-14H2,(H3,18,19,20). The number of morpholine rings is 1. The third-order valence-corrected chi connectivity index (χ3v) is 5.61. The van der Waals surface area contributed by atoms with Crippen LogP contribution in [-0.2, 0) is 9.47 Å². The molecule has 2 heterocycles. The van der Waals surface area contributed by atoms with E-state index in [0.29, 0.717) is 12.0 Å². The molecular weight excluding hydrogens is 292 g/mol. The van der Waals surface area contributed by atoms with Gasteiger partial charge in [-0.25, -0.2) is 0 Å². The molecule has 0 amide bonds. The van der Waals surface area contributed by atoms with Crippen molar-refractivity contribution in [3.8, 4) is 0 Å². The van der Waals surface area contributed by atoms with Crippen LogP contribution in [0.2, 0.25) is 0 Å². The van der Waals surface area contributed by atoms with Crippen molar-refractivity contribution in [2.24, 2.45) is 10.7 Å². The van der Waals surface area contributed by atoms with Crippen LogP contribution in [0, 0.1) is 0 Å². The van der Waals surface area contributed by atoms with E-state index in [1.54, 1.807) is 0 Å². The molecule has 1 aliphatic carbocycles. The monoisotopic (exact) mass is 324 g/mol. The van der Waals surface area contributed by atoms with Crippen LogP contribution in [0.3, 0.4) is 0 Å². The Bertz CT molecular complexity index is 384. The Morgan fingerprint density at radius 2 is 1.70 bits per heavy atom. The highest BCUT2D eigenvalue weighted by Gasteiger charge is 2.39. The number of aliphatic imine (C=N–C) groups is 1. The first-order valence-corrected chi connectivity index (χ1v) is 9.26. The summed E-state index contributed by atoms with van der Waals surface area (Å²) in [6, 6.07) is 0.515. The molecule has 0 atom stereocenters. The molecule has 3 N–H and O–H groups in total. The van der Waals surface area contributed by atoms with E-state index in [4.69, 9.17) is 20.2 Å². The third kappa shape index (κ3) is 4.58. The van der Waals surface area contributed by atoms with Gasteiger partial charge in [-0.05, 0) is 25.7 Å². The molecule has 0 aromatic rings. The summed E-state index contributed by atoms with van der Waals surface area (Å²) in [7, 11) is 0. The summed E-state index contributed by atoms with van der Waals surface area (Å²) in [6.07, 6.45) is 8.48. The van der Waals surface area contributed by atoms with Gasteiger partial charge in [-0.3, -0.25) is 9.89 Å². The highest BCUT2D eigenvalue weighted by Crippen LogP contribution is 2.29. The number of hydrogen-bond donors (Lipinski definition) is 2. The maximum absolute atomic E-state index is 6.17. The van der Waals surface area contributed by atoms with Crippen LogP contribution in [0.5, 0.6) is 0 Å². The van der Waals surface area contributed by atoms with Crippen LogP contribution in [0.1, 0.15) is 44.9 Å². The molecule has 0 bridgehead atoms. The molecule has 0 unspecified atom stereocenters. The van der Waals surface area contributed by atoms with Gasteiger partial charge in [-0.2, -0.15) is 0 Å². The Morgan fingerprint density at radius 1 is 1.04 bits per heavy atom. The van der Waals surface area contributed by atoms with Crippen molar-refractivity contribution >= 4 is 5.96 Å². The molecule has 3 rings (SSSR count). The zero-order chi connectivity index (χ0) is 16.0. The molecule has 0 aromatic carbocycles. The van der Waals surface area contributed by atoms with Gasteiger partial charge < -0.3 is 20.5 Å². The Morgan fingerprint density at radius 3 is 2.39 bits per heavy atom. The average molecular weight is 324 g/mol. The first-order valence-electron chi connectivity index (χ1n) is 9.26. The highest BCUT2D eigenvalue weighted by atomic mass is 16.5. The predicted octanol–water partition coefficient (Wildman–Crippen LogP) is 1.10. The van der Waals surface area contributed by atoms with Gasteiger partial charge in [0.1, 0.15) is 0 Å². The molecule has 2 saturated heterocycles. The van der Waals surface area contributed by atoms with E-state index >= 15 is 0 Å². The van der Waals surface area contributed by atoms with E-state index in [1.165, 1.54) is 32.1 Å². The van der Waals surface area contributed by atoms with Crippen molar-refractivity contribution in [1.82, 2.24) is 10.2 Å².